The summed E-state index contributed by atoms with van der Waals surface area (Å²) in [5.41, 5.74) is 6.80. The number of hydrogen-bond donors (Lipinski definition) is 1. The average molecular weight is 252 g/mol. The third-order valence-corrected chi connectivity index (χ3v) is 3.42. The Morgan fingerprint density at radius 3 is 2.59 bits per heavy atom. The van der Waals surface area contributed by atoms with Gasteiger partial charge in [-0.3, -0.25) is 4.90 Å². The first kappa shape index (κ1) is 12.5. The Balaban J connectivity index is 2.08. The highest BCUT2D eigenvalue weighted by atomic mass is 32.1. The van der Waals surface area contributed by atoms with E-state index in [0.717, 1.165) is 18.7 Å². The minimum atomic E-state index is -0.208. The minimum Gasteiger partial charge on any atom is -0.389 e. The zero-order valence-corrected chi connectivity index (χ0v) is 10.6. The molecular weight excluding hydrogens is 235 g/mol. The Kier molecular flexibility index (Phi) is 4.07. The van der Waals surface area contributed by atoms with E-state index in [1.54, 1.807) is 12.1 Å². The van der Waals surface area contributed by atoms with Crippen molar-refractivity contribution < 1.29 is 4.39 Å². The van der Waals surface area contributed by atoms with Gasteiger partial charge in [0.05, 0.1) is 0 Å². The van der Waals surface area contributed by atoms with E-state index in [2.05, 4.69) is 4.90 Å². The minimum absolute atomic E-state index is 0.208. The highest BCUT2D eigenvalue weighted by molar-refractivity contribution is 7.80. The molecule has 0 unspecified atom stereocenters. The van der Waals surface area contributed by atoms with Crippen molar-refractivity contribution in [2.75, 3.05) is 13.1 Å². The number of piperidine rings is 1. The predicted octanol–water partition coefficient (Wildman–Crippen LogP) is 2.45. The fraction of sp³-hybridized carbons (Fsp3) is 0.462. The summed E-state index contributed by atoms with van der Waals surface area (Å²) < 4.78 is 13.8. The molecule has 4 heteroatoms. The lowest BCUT2D eigenvalue weighted by atomic mass is 10.1. The van der Waals surface area contributed by atoms with Gasteiger partial charge in [-0.25, -0.2) is 4.39 Å². The molecule has 2 nitrogen and oxygen atoms in total. The van der Waals surface area contributed by atoms with E-state index in [0.29, 0.717) is 12.1 Å². The zero-order chi connectivity index (χ0) is 12.3. The molecule has 0 saturated carbocycles. The molecule has 0 atom stereocenters. The maximum atomic E-state index is 13.8. The summed E-state index contributed by atoms with van der Waals surface area (Å²) in [6.45, 7) is 2.82. The zero-order valence-electron chi connectivity index (χ0n) is 9.79. The number of likely N-dealkylation sites (tertiary alicyclic amines) is 1. The molecule has 1 heterocycles. The Morgan fingerprint density at radius 1 is 1.29 bits per heavy atom. The third-order valence-electron chi connectivity index (χ3n) is 3.18. The van der Waals surface area contributed by atoms with Gasteiger partial charge in [0, 0.05) is 17.7 Å². The number of nitrogens with zero attached hydrogens (tertiary/aromatic N) is 1. The molecule has 1 aliphatic heterocycles. The predicted molar refractivity (Wildman–Crippen MR) is 71.4 cm³/mol. The van der Waals surface area contributed by atoms with Gasteiger partial charge in [0.25, 0.3) is 0 Å². The lowest BCUT2D eigenvalue weighted by molar-refractivity contribution is 0.218. The standard InChI is InChI=1S/C13H17FN2S/c14-12-8-10(13(15)17)4-5-11(12)9-16-6-2-1-3-7-16/h4-5,8H,1-3,6-7,9H2,(H2,15,17). The van der Waals surface area contributed by atoms with E-state index >= 15 is 0 Å². The van der Waals surface area contributed by atoms with Crippen LogP contribution in [0.25, 0.3) is 0 Å². The highest BCUT2D eigenvalue weighted by Crippen LogP contribution is 2.16. The van der Waals surface area contributed by atoms with Crippen LogP contribution in [-0.4, -0.2) is 23.0 Å². The molecule has 2 rings (SSSR count). The van der Waals surface area contributed by atoms with Crippen molar-refractivity contribution >= 4 is 17.2 Å². The molecule has 1 saturated heterocycles. The number of benzene rings is 1. The summed E-state index contributed by atoms with van der Waals surface area (Å²) >= 11 is 4.83. The van der Waals surface area contributed by atoms with Gasteiger partial charge in [0.2, 0.25) is 0 Å². The Labute approximate surface area is 107 Å². The summed E-state index contributed by atoms with van der Waals surface area (Å²) in [7, 11) is 0. The van der Waals surface area contributed by atoms with E-state index in [1.165, 1.54) is 25.3 Å². The van der Waals surface area contributed by atoms with Crippen LogP contribution >= 0.6 is 12.2 Å². The van der Waals surface area contributed by atoms with Crippen LogP contribution in [0.3, 0.4) is 0 Å². The van der Waals surface area contributed by atoms with E-state index in [4.69, 9.17) is 18.0 Å². The molecule has 1 fully saturated rings. The number of halogens is 1. The van der Waals surface area contributed by atoms with Gasteiger partial charge in [-0.1, -0.05) is 30.8 Å². The van der Waals surface area contributed by atoms with Crippen molar-refractivity contribution in [1.29, 1.82) is 0 Å². The largest absolute Gasteiger partial charge is 0.389 e. The quantitative estimate of drug-likeness (QED) is 0.838. The summed E-state index contributed by atoms with van der Waals surface area (Å²) in [5, 5.41) is 0. The maximum absolute atomic E-state index is 13.8. The van der Waals surface area contributed by atoms with Crippen molar-refractivity contribution in [3.63, 3.8) is 0 Å². The molecule has 0 aliphatic carbocycles. The number of rotatable bonds is 3. The van der Waals surface area contributed by atoms with Gasteiger partial charge < -0.3 is 5.73 Å². The topological polar surface area (TPSA) is 29.3 Å². The molecule has 0 aromatic heterocycles. The summed E-state index contributed by atoms with van der Waals surface area (Å²) in [4.78, 5) is 2.54. The van der Waals surface area contributed by atoms with Crippen LogP contribution in [0.1, 0.15) is 30.4 Å². The van der Waals surface area contributed by atoms with Crippen molar-refractivity contribution in [2.24, 2.45) is 5.73 Å². The summed E-state index contributed by atoms with van der Waals surface area (Å²) in [6.07, 6.45) is 3.72. The molecule has 92 valence electrons. The monoisotopic (exact) mass is 252 g/mol. The second kappa shape index (κ2) is 5.56. The fourth-order valence-electron chi connectivity index (χ4n) is 2.19. The van der Waals surface area contributed by atoms with Crippen LogP contribution in [0, 0.1) is 5.82 Å². The average Bonchev–Trinajstić information content (AvgIpc) is 2.33. The second-order valence-electron chi connectivity index (χ2n) is 4.51. The number of thiocarbonyl (C=S) groups is 1. The second-order valence-corrected chi connectivity index (χ2v) is 4.95. The SMILES string of the molecule is NC(=S)c1ccc(CN2CCCCC2)c(F)c1. The normalized spacial score (nSPS) is 17.0. The molecule has 1 aromatic carbocycles. The molecule has 0 bridgehead atoms. The van der Waals surface area contributed by atoms with Crippen molar-refractivity contribution in [3.8, 4) is 0 Å². The lowest BCUT2D eigenvalue weighted by Gasteiger charge is -2.26. The van der Waals surface area contributed by atoms with Crippen molar-refractivity contribution in [2.45, 2.75) is 25.8 Å². The fourth-order valence-corrected chi connectivity index (χ4v) is 2.31. The molecule has 0 radical (unpaired) electrons. The van der Waals surface area contributed by atoms with Gasteiger partial charge in [-0.05, 0) is 32.0 Å². The smallest absolute Gasteiger partial charge is 0.128 e. The van der Waals surface area contributed by atoms with Crippen LogP contribution < -0.4 is 5.73 Å². The number of nitrogens with two attached hydrogens (primary N) is 1. The van der Waals surface area contributed by atoms with Crippen molar-refractivity contribution in [1.82, 2.24) is 4.90 Å². The van der Waals surface area contributed by atoms with Crippen LogP contribution in [0.5, 0.6) is 0 Å². The van der Waals surface area contributed by atoms with Gasteiger partial charge in [-0.2, -0.15) is 0 Å². The first-order chi connectivity index (χ1) is 8.16. The number of hydrogen-bond acceptors (Lipinski definition) is 2. The van der Waals surface area contributed by atoms with E-state index in [1.807, 2.05) is 0 Å². The van der Waals surface area contributed by atoms with Gasteiger partial charge in [0.1, 0.15) is 10.8 Å². The Morgan fingerprint density at radius 2 is 2.00 bits per heavy atom. The van der Waals surface area contributed by atoms with Crippen molar-refractivity contribution in [3.05, 3.63) is 35.1 Å². The molecule has 1 aromatic rings. The maximum Gasteiger partial charge on any atom is 0.128 e. The van der Waals surface area contributed by atoms with Gasteiger partial charge in [0.15, 0.2) is 0 Å². The highest BCUT2D eigenvalue weighted by Gasteiger charge is 2.13. The van der Waals surface area contributed by atoms with E-state index in [9.17, 15) is 4.39 Å². The molecule has 0 spiro atoms. The lowest BCUT2D eigenvalue weighted by Crippen LogP contribution is -2.29. The Hall–Kier alpha value is -1.00. The summed E-state index contributed by atoms with van der Waals surface area (Å²) in [6, 6.07) is 5.02. The first-order valence-electron chi connectivity index (χ1n) is 5.97. The summed E-state index contributed by atoms with van der Waals surface area (Å²) in [5.74, 6) is -0.208. The van der Waals surface area contributed by atoms with Crippen LogP contribution in [0.4, 0.5) is 4.39 Å². The third kappa shape index (κ3) is 3.23. The molecule has 0 amide bonds. The van der Waals surface area contributed by atoms with Gasteiger partial charge >= 0.3 is 0 Å². The van der Waals surface area contributed by atoms with E-state index < -0.39 is 0 Å². The Bertz CT molecular complexity index is 414. The van der Waals surface area contributed by atoms with Crippen LogP contribution in [-0.2, 0) is 6.54 Å². The molecular formula is C13H17FN2S. The van der Waals surface area contributed by atoms with E-state index in [-0.39, 0.29) is 10.8 Å². The molecule has 2 N–H and O–H groups in total. The van der Waals surface area contributed by atoms with Crippen LogP contribution in [0.2, 0.25) is 0 Å². The first-order valence-corrected chi connectivity index (χ1v) is 6.38. The molecule has 1 aliphatic rings. The molecule has 17 heavy (non-hydrogen) atoms. The van der Waals surface area contributed by atoms with Gasteiger partial charge in [-0.15, -0.1) is 0 Å². The van der Waals surface area contributed by atoms with Crippen LogP contribution in [0.15, 0.2) is 18.2 Å².